The molecule has 2 aromatic heterocycles. The first-order valence-corrected chi connectivity index (χ1v) is 6.93. The van der Waals surface area contributed by atoms with E-state index in [0.717, 1.165) is 29.2 Å². The van der Waals surface area contributed by atoms with E-state index in [1.807, 2.05) is 18.5 Å². The smallest absolute Gasteiger partial charge is 0.0898 e. The summed E-state index contributed by atoms with van der Waals surface area (Å²) >= 11 is 1.64. The molecule has 1 unspecified atom stereocenters. The average molecular weight is 262 g/mol. The first-order chi connectivity index (χ1) is 8.72. The predicted octanol–water partition coefficient (Wildman–Crippen LogP) is 2.16. The Morgan fingerprint density at radius 2 is 2.28 bits per heavy atom. The summed E-state index contributed by atoms with van der Waals surface area (Å²) in [5, 5.41) is 3.10. The highest BCUT2D eigenvalue weighted by Gasteiger charge is 2.14. The van der Waals surface area contributed by atoms with Crippen molar-refractivity contribution >= 4 is 11.3 Å². The fraction of sp³-hybridized carbons (Fsp3) is 0.385. The lowest BCUT2D eigenvalue weighted by Crippen LogP contribution is -2.30. The number of nitrogens with two attached hydrogens (primary N) is 1. The van der Waals surface area contributed by atoms with E-state index in [4.69, 9.17) is 5.84 Å². The first kappa shape index (κ1) is 13.1. The molecular formula is C13H18N4S. The van der Waals surface area contributed by atoms with Crippen molar-refractivity contribution in [3.8, 4) is 0 Å². The summed E-state index contributed by atoms with van der Waals surface area (Å²) in [6.07, 6.45) is 3.69. The molecule has 18 heavy (non-hydrogen) atoms. The van der Waals surface area contributed by atoms with Crippen LogP contribution in [0.3, 0.4) is 0 Å². The van der Waals surface area contributed by atoms with Crippen LogP contribution in [0.5, 0.6) is 0 Å². The summed E-state index contributed by atoms with van der Waals surface area (Å²) in [7, 11) is 0. The van der Waals surface area contributed by atoms with Gasteiger partial charge in [-0.25, -0.2) is 4.98 Å². The number of nitrogens with one attached hydrogen (secondary N) is 1. The van der Waals surface area contributed by atoms with E-state index >= 15 is 0 Å². The third kappa shape index (κ3) is 3.13. The maximum atomic E-state index is 5.60. The molecule has 0 aliphatic rings. The molecule has 0 amide bonds. The third-order valence-corrected chi connectivity index (χ3v) is 3.69. The van der Waals surface area contributed by atoms with Gasteiger partial charge >= 0.3 is 0 Å². The number of hydrogen-bond donors (Lipinski definition) is 2. The lowest BCUT2D eigenvalue weighted by Gasteiger charge is -2.13. The van der Waals surface area contributed by atoms with E-state index in [1.165, 1.54) is 5.56 Å². The Bertz CT molecular complexity index is 492. The van der Waals surface area contributed by atoms with Crippen LogP contribution in [0, 0.1) is 6.92 Å². The zero-order chi connectivity index (χ0) is 13.0. The van der Waals surface area contributed by atoms with Crippen LogP contribution in [0.15, 0.2) is 23.7 Å². The second-order valence-corrected chi connectivity index (χ2v) is 5.29. The van der Waals surface area contributed by atoms with Crippen LogP contribution < -0.4 is 11.3 Å². The van der Waals surface area contributed by atoms with Gasteiger partial charge in [0.05, 0.1) is 16.7 Å². The Balaban J connectivity index is 2.10. The van der Waals surface area contributed by atoms with Crippen molar-refractivity contribution in [3.05, 3.63) is 45.7 Å². The lowest BCUT2D eigenvalue weighted by molar-refractivity contribution is 0.534. The van der Waals surface area contributed by atoms with E-state index in [2.05, 4.69) is 34.5 Å². The highest BCUT2D eigenvalue weighted by molar-refractivity contribution is 7.09. The summed E-state index contributed by atoms with van der Waals surface area (Å²) in [6.45, 7) is 4.12. The molecule has 0 aliphatic heterocycles. The van der Waals surface area contributed by atoms with E-state index in [1.54, 1.807) is 11.3 Å². The minimum atomic E-state index is 0.0231. The van der Waals surface area contributed by atoms with Crippen molar-refractivity contribution in [1.29, 1.82) is 0 Å². The molecule has 0 aliphatic carbocycles. The van der Waals surface area contributed by atoms with E-state index < -0.39 is 0 Å². The average Bonchev–Trinajstić information content (AvgIpc) is 2.83. The summed E-state index contributed by atoms with van der Waals surface area (Å²) in [5.41, 5.74) is 6.08. The molecule has 0 fully saturated rings. The second kappa shape index (κ2) is 6.04. The Kier molecular flexibility index (Phi) is 4.41. The van der Waals surface area contributed by atoms with Gasteiger partial charge in [0.1, 0.15) is 0 Å². The van der Waals surface area contributed by atoms with Crippen molar-refractivity contribution in [1.82, 2.24) is 15.4 Å². The summed E-state index contributed by atoms with van der Waals surface area (Å²) in [4.78, 5) is 8.91. The standard InChI is InChI=1S/C13H18N4S/c1-3-10-4-5-11(15-7-10)6-12(17-14)13-8-18-9(2)16-13/h4-5,7-8,12,17H,3,6,14H2,1-2H3. The molecule has 0 saturated carbocycles. The molecule has 2 heterocycles. The first-order valence-electron chi connectivity index (χ1n) is 6.05. The lowest BCUT2D eigenvalue weighted by atomic mass is 10.1. The number of nitrogens with zero attached hydrogens (tertiary/aromatic N) is 2. The number of thiazole rings is 1. The molecule has 96 valence electrons. The van der Waals surface area contributed by atoms with E-state index in [0.29, 0.717) is 0 Å². The maximum absolute atomic E-state index is 5.60. The number of hydrogen-bond acceptors (Lipinski definition) is 5. The molecule has 3 N–H and O–H groups in total. The molecule has 0 saturated heterocycles. The van der Waals surface area contributed by atoms with Gasteiger partial charge < -0.3 is 0 Å². The van der Waals surface area contributed by atoms with Gasteiger partial charge in [-0.1, -0.05) is 13.0 Å². The summed E-state index contributed by atoms with van der Waals surface area (Å²) < 4.78 is 0. The second-order valence-electron chi connectivity index (χ2n) is 4.23. The zero-order valence-corrected chi connectivity index (χ0v) is 11.5. The Labute approximate surface area is 111 Å². The number of aromatic nitrogens is 2. The fourth-order valence-corrected chi connectivity index (χ4v) is 2.45. The third-order valence-electron chi connectivity index (χ3n) is 2.90. The van der Waals surface area contributed by atoms with Crippen LogP contribution >= 0.6 is 11.3 Å². The van der Waals surface area contributed by atoms with Crippen LogP contribution in [-0.4, -0.2) is 9.97 Å². The molecule has 2 rings (SSSR count). The molecule has 0 aromatic carbocycles. The minimum absolute atomic E-state index is 0.0231. The summed E-state index contributed by atoms with van der Waals surface area (Å²) in [5.74, 6) is 5.60. The van der Waals surface area contributed by atoms with Gasteiger partial charge in [-0.2, -0.15) is 0 Å². The van der Waals surface area contributed by atoms with Gasteiger partial charge in [-0.05, 0) is 25.0 Å². The largest absolute Gasteiger partial charge is 0.271 e. The Hall–Kier alpha value is -1.30. The van der Waals surface area contributed by atoms with Crippen LogP contribution in [0.25, 0.3) is 0 Å². The van der Waals surface area contributed by atoms with Crippen molar-refractivity contribution in [2.45, 2.75) is 32.7 Å². The van der Waals surface area contributed by atoms with Gasteiger partial charge in [0.2, 0.25) is 0 Å². The van der Waals surface area contributed by atoms with E-state index in [9.17, 15) is 0 Å². The van der Waals surface area contributed by atoms with Crippen LogP contribution in [0.2, 0.25) is 0 Å². The van der Waals surface area contributed by atoms with Gasteiger partial charge in [-0.3, -0.25) is 16.3 Å². The quantitative estimate of drug-likeness (QED) is 0.640. The van der Waals surface area contributed by atoms with Crippen molar-refractivity contribution in [2.75, 3.05) is 0 Å². The van der Waals surface area contributed by atoms with Crippen molar-refractivity contribution in [3.63, 3.8) is 0 Å². The zero-order valence-electron chi connectivity index (χ0n) is 10.7. The molecule has 0 bridgehead atoms. The Morgan fingerprint density at radius 1 is 1.44 bits per heavy atom. The number of rotatable bonds is 5. The Morgan fingerprint density at radius 3 is 2.78 bits per heavy atom. The van der Waals surface area contributed by atoms with Gasteiger partial charge in [0.25, 0.3) is 0 Å². The van der Waals surface area contributed by atoms with Gasteiger partial charge in [-0.15, -0.1) is 11.3 Å². The maximum Gasteiger partial charge on any atom is 0.0898 e. The number of aryl methyl sites for hydroxylation is 2. The molecule has 4 nitrogen and oxygen atoms in total. The van der Waals surface area contributed by atoms with Gasteiger partial charge in [0.15, 0.2) is 0 Å². The van der Waals surface area contributed by atoms with Crippen LogP contribution in [-0.2, 0) is 12.8 Å². The molecule has 0 spiro atoms. The minimum Gasteiger partial charge on any atom is -0.271 e. The predicted molar refractivity (Wildman–Crippen MR) is 74.2 cm³/mol. The van der Waals surface area contributed by atoms with Crippen molar-refractivity contribution < 1.29 is 0 Å². The monoisotopic (exact) mass is 262 g/mol. The highest BCUT2D eigenvalue weighted by Crippen LogP contribution is 2.19. The topological polar surface area (TPSA) is 63.8 Å². The van der Waals surface area contributed by atoms with Crippen molar-refractivity contribution in [2.24, 2.45) is 5.84 Å². The normalized spacial score (nSPS) is 12.6. The van der Waals surface area contributed by atoms with Gasteiger partial charge in [0, 0.05) is 23.7 Å². The molecule has 5 heteroatoms. The highest BCUT2D eigenvalue weighted by atomic mass is 32.1. The van der Waals surface area contributed by atoms with Crippen LogP contribution in [0.4, 0.5) is 0 Å². The number of hydrazine groups is 1. The summed E-state index contributed by atoms with van der Waals surface area (Å²) in [6, 6.07) is 4.19. The molecule has 1 atom stereocenters. The SMILES string of the molecule is CCc1ccc(CC(NN)c2csc(C)n2)nc1. The molecule has 0 radical (unpaired) electrons. The molecular weight excluding hydrogens is 244 g/mol. The molecule has 2 aromatic rings. The fourth-order valence-electron chi connectivity index (χ4n) is 1.78. The number of pyridine rings is 1. The van der Waals surface area contributed by atoms with E-state index in [-0.39, 0.29) is 6.04 Å². The van der Waals surface area contributed by atoms with Crippen LogP contribution in [0.1, 0.15) is 34.9 Å².